The molecule has 0 bridgehead atoms. The molecule has 1 N–H and O–H groups in total. The normalized spacial score (nSPS) is 10.4. The summed E-state index contributed by atoms with van der Waals surface area (Å²) in [7, 11) is 0. The molecule has 0 fully saturated rings. The van der Waals surface area contributed by atoms with Crippen LogP contribution in [0.3, 0.4) is 0 Å². The maximum Gasteiger partial charge on any atom is 0.258 e. The number of rotatable bonds is 6. The summed E-state index contributed by atoms with van der Waals surface area (Å²) >= 11 is 6.04. The smallest absolute Gasteiger partial charge is 0.258 e. The molecule has 5 nitrogen and oxygen atoms in total. The molecule has 6 heteroatoms. The fraction of sp³-hybridized carbons (Fsp3) is 0.150. The lowest BCUT2D eigenvalue weighted by molar-refractivity contribution is 0.102. The highest BCUT2D eigenvalue weighted by Gasteiger charge is 2.12. The van der Waals surface area contributed by atoms with Crippen molar-refractivity contribution < 1.29 is 9.53 Å². The van der Waals surface area contributed by atoms with E-state index in [1.807, 2.05) is 37.3 Å². The van der Waals surface area contributed by atoms with Crippen molar-refractivity contribution in [1.29, 1.82) is 0 Å². The van der Waals surface area contributed by atoms with Gasteiger partial charge in [-0.25, -0.2) is 9.97 Å². The Balaban J connectivity index is 1.77. The van der Waals surface area contributed by atoms with Crippen molar-refractivity contribution in [2.45, 2.75) is 13.3 Å². The second-order valence-electron chi connectivity index (χ2n) is 5.60. The van der Waals surface area contributed by atoms with Gasteiger partial charge in [-0.2, -0.15) is 0 Å². The Morgan fingerprint density at radius 1 is 1.12 bits per heavy atom. The van der Waals surface area contributed by atoms with Gasteiger partial charge in [0.1, 0.15) is 5.75 Å². The number of amides is 1. The molecule has 0 aliphatic heterocycles. The quantitative estimate of drug-likeness (QED) is 0.677. The van der Waals surface area contributed by atoms with E-state index in [2.05, 4.69) is 15.3 Å². The van der Waals surface area contributed by atoms with Crippen LogP contribution in [0.1, 0.15) is 23.7 Å². The first kappa shape index (κ1) is 17.9. The van der Waals surface area contributed by atoms with Crippen molar-refractivity contribution in [3.8, 4) is 17.1 Å². The topological polar surface area (TPSA) is 64.1 Å². The lowest BCUT2D eigenvalue weighted by atomic mass is 10.2. The van der Waals surface area contributed by atoms with Crippen LogP contribution in [0.25, 0.3) is 11.4 Å². The van der Waals surface area contributed by atoms with Crippen LogP contribution in [0.15, 0.2) is 60.9 Å². The Morgan fingerprint density at radius 2 is 1.85 bits per heavy atom. The first-order chi connectivity index (χ1) is 12.7. The predicted octanol–water partition coefficient (Wildman–Crippen LogP) is 4.84. The second kappa shape index (κ2) is 8.45. The fourth-order valence-corrected chi connectivity index (χ4v) is 2.49. The summed E-state index contributed by atoms with van der Waals surface area (Å²) in [6.07, 6.45) is 3.87. The van der Waals surface area contributed by atoms with E-state index < -0.39 is 0 Å². The number of hydrogen-bond acceptors (Lipinski definition) is 4. The van der Waals surface area contributed by atoms with E-state index in [1.165, 1.54) is 12.4 Å². The largest absolute Gasteiger partial charge is 0.491 e. The zero-order valence-electron chi connectivity index (χ0n) is 14.3. The van der Waals surface area contributed by atoms with Gasteiger partial charge in [-0.3, -0.25) is 4.79 Å². The van der Waals surface area contributed by atoms with Gasteiger partial charge < -0.3 is 10.1 Å². The number of aromatic nitrogens is 2. The number of hydrogen-bond donors (Lipinski definition) is 1. The van der Waals surface area contributed by atoms with Crippen molar-refractivity contribution >= 4 is 23.2 Å². The number of halogens is 1. The number of anilines is 1. The molecule has 1 heterocycles. The molecule has 0 radical (unpaired) electrons. The highest BCUT2D eigenvalue weighted by molar-refractivity contribution is 6.31. The molecule has 0 saturated heterocycles. The molecule has 1 aromatic heterocycles. The van der Waals surface area contributed by atoms with Gasteiger partial charge in [-0.1, -0.05) is 48.9 Å². The minimum Gasteiger partial charge on any atom is -0.491 e. The van der Waals surface area contributed by atoms with Gasteiger partial charge in [0.15, 0.2) is 5.82 Å². The van der Waals surface area contributed by atoms with E-state index in [4.69, 9.17) is 16.3 Å². The highest BCUT2D eigenvalue weighted by Crippen LogP contribution is 2.28. The SMILES string of the molecule is CCCOc1ccc(Cl)cc1NC(=O)c1cnc(-c2ccccc2)nc1. The molecular formula is C20H18ClN3O2. The molecule has 3 rings (SSSR count). The van der Waals surface area contributed by atoms with Gasteiger partial charge in [0.05, 0.1) is 17.9 Å². The average molecular weight is 368 g/mol. The molecule has 0 unspecified atom stereocenters. The number of carbonyl (C=O) groups excluding carboxylic acids is 1. The molecule has 2 aromatic carbocycles. The third-order valence-corrected chi connectivity index (χ3v) is 3.83. The van der Waals surface area contributed by atoms with E-state index in [1.54, 1.807) is 18.2 Å². The number of benzene rings is 2. The van der Waals surface area contributed by atoms with Crippen LogP contribution < -0.4 is 10.1 Å². The molecule has 0 spiro atoms. The van der Waals surface area contributed by atoms with Crippen LogP contribution in [-0.2, 0) is 0 Å². The monoisotopic (exact) mass is 367 g/mol. The van der Waals surface area contributed by atoms with Crippen molar-refractivity contribution in [3.63, 3.8) is 0 Å². The summed E-state index contributed by atoms with van der Waals surface area (Å²) < 4.78 is 5.65. The fourth-order valence-electron chi connectivity index (χ4n) is 2.31. The van der Waals surface area contributed by atoms with Gasteiger partial charge in [0.2, 0.25) is 0 Å². The van der Waals surface area contributed by atoms with Crippen LogP contribution in [0.4, 0.5) is 5.69 Å². The maximum atomic E-state index is 12.5. The molecular weight excluding hydrogens is 350 g/mol. The Bertz CT molecular complexity index is 883. The maximum absolute atomic E-state index is 12.5. The van der Waals surface area contributed by atoms with Crippen LogP contribution in [0, 0.1) is 0 Å². The molecule has 1 amide bonds. The molecule has 26 heavy (non-hydrogen) atoms. The number of ether oxygens (including phenoxy) is 1. The lowest BCUT2D eigenvalue weighted by Gasteiger charge is -2.12. The van der Waals surface area contributed by atoms with Gasteiger partial charge in [-0.15, -0.1) is 0 Å². The van der Waals surface area contributed by atoms with Gasteiger partial charge in [0.25, 0.3) is 5.91 Å². The average Bonchev–Trinajstić information content (AvgIpc) is 2.68. The molecule has 0 saturated carbocycles. The van der Waals surface area contributed by atoms with Crippen molar-refractivity contribution in [3.05, 3.63) is 71.5 Å². The van der Waals surface area contributed by atoms with Crippen LogP contribution >= 0.6 is 11.6 Å². The Hall–Kier alpha value is -2.92. The molecule has 0 atom stereocenters. The minimum atomic E-state index is -0.326. The van der Waals surface area contributed by atoms with Crippen molar-refractivity contribution in [2.75, 3.05) is 11.9 Å². The Kier molecular flexibility index (Phi) is 5.81. The van der Waals surface area contributed by atoms with Crippen LogP contribution in [0.2, 0.25) is 5.02 Å². The summed E-state index contributed by atoms with van der Waals surface area (Å²) in [6.45, 7) is 2.57. The summed E-state index contributed by atoms with van der Waals surface area (Å²) in [5.41, 5.74) is 1.76. The van der Waals surface area contributed by atoms with Crippen LogP contribution in [-0.4, -0.2) is 22.5 Å². The van der Waals surface area contributed by atoms with E-state index in [9.17, 15) is 4.79 Å². The zero-order valence-corrected chi connectivity index (χ0v) is 15.0. The zero-order chi connectivity index (χ0) is 18.4. The summed E-state index contributed by atoms with van der Waals surface area (Å²) in [4.78, 5) is 21.1. The Morgan fingerprint density at radius 3 is 2.54 bits per heavy atom. The third kappa shape index (κ3) is 4.37. The molecule has 0 aliphatic carbocycles. The van der Waals surface area contributed by atoms with Gasteiger partial charge in [0, 0.05) is 23.0 Å². The number of carbonyl (C=O) groups is 1. The van der Waals surface area contributed by atoms with E-state index in [0.717, 1.165) is 12.0 Å². The van der Waals surface area contributed by atoms with Gasteiger partial charge in [-0.05, 0) is 24.6 Å². The summed E-state index contributed by atoms with van der Waals surface area (Å²) in [5.74, 6) is 0.816. The lowest BCUT2D eigenvalue weighted by Crippen LogP contribution is -2.14. The predicted molar refractivity (Wildman–Crippen MR) is 103 cm³/mol. The number of nitrogens with zero attached hydrogens (tertiary/aromatic N) is 2. The van der Waals surface area contributed by atoms with Crippen LogP contribution in [0.5, 0.6) is 5.75 Å². The molecule has 132 valence electrons. The highest BCUT2D eigenvalue weighted by atomic mass is 35.5. The second-order valence-corrected chi connectivity index (χ2v) is 6.04. The number of nitrogens with one attached hydrogen (secondary N) is 1. The van der Waals surface area contributed by atoms with E-state index in [-0.39, 0.29) is 5.91 Å². The summed E-state index contributed by atoms with van der Waals surface area (Å²) in [5, 5.41) is 3.32. The van der Waals surface area contributed by atoms with E-state index >= 15 is 0 Å². The van der Waals surface area contributed by atoms with E-state index in [0.29, 0.717) is 34.5 Å². The molecule has 0 aliphatic rings. The molecule has 3 aromatic rings. The summed E-state index contributed by atoms with van der Waals surface area (Å²) in [6, 6.07) is 14.7. The minimum absolute atomic E-state index is 0.326. The van der Waals surface area contributed by atoms with Crippen molar-refractivity contribution in [2.24, 2.45) is 0 Å². The Labute approximate surface area is 157 Å². The van der Waals surface area contributed by atoms with Crippen molar-refractivity contribution in [1.82, 2.24) is 9.97 Å². The van der Waals surface area contributed by atoms with Gasteiger partial charge >= 0.3 is 0 Å². The first-order valence-corrected chi connectivity index (χ1v) is 8.66. The first-order valence-electron chi connectivity index (χ1n) is 8.28. The third-order valence-electron chi connectivity index (χ3n) is 3.60. The standard InChI is InChI=1S/C20H18ClN3O2/c1-2-10-26-18-9-8-16(21)11-17(18)24-20(25)15-12-22-19(23-13-15)14-6-4-3-5-7-14/h3-9,11-13H,2,10H2,1H3,(H,24,25).